The van der Waals surface area contributed by atoms with Gasteiger partial charge in [0.2, 0.25) is 0 Å². The van der Waals surface area contributed by atoms with Crippen molar-refractivity contribution in [1.29, 1.82) is 0 Å². The van der Waals surface area contributed by atoms with E-state index in [0.717, 1.165) is 25.0 Å². The topological polar surface area (TPSA) is 38.0 Å². The Hall–Kier alpha value is -0.730. The van der Waals surface area contributed by atoms with E-state index in [0.29, 0.717) is 4.99 Å². The number of hydrogen-bond donors (Lipinski definition) is 2. The molecular weight excluding hydrogens is 442 g/mol. The molecule has 2 nitrogen and oxygen atoms in total. The third-order valence-electron chi connectivity index (χ3n) is 2.46. The van der Waals surface area contributed by atoms with E-state index in [1.165, 1.54) is 12.1 Å². The minimum atomic E-state index is -0.265. The summed E-state index contributed by atoms with van der Waals surface area (Å²) < 4.78 is 14.7. The second-order valence-corrected chi connectivity index (χ2v) is 6.23. The molecule has 0 saturated heterocycles. The molecular formula is C13H9BrFIN2S. The minimum Gasteiger partial charge on any atom is -0.389 e. The first-order chi connectivity index (χ1) is 8.99. The lowest BCUT2D eigenvalue weighted by molar-refractivity contribution is 0.627. The summed E-state index contributed by atoms with van der Waals surface area (Å²) in [5.41, 5.74) is 8.05. The molecule has 0 aliphatic heterocycles. The first-order valence-corrected chi connectivity index (χ1v) is 7.57. The van der Waals surface area contributed by atoms with E-state index in [4.69, 9.17) is 18.0 Å². The maximum absolute atomic E-state index is 13.1. The second-order valence-electron chi connectivity index (χ2n) is 3.78. The van der Waals surface area contributed by atoms with Gasteiger partial charge in [-0.1, -0.05) is 18.3 Å². The van der Waals surface area contributed by atoms with Crippen molar-refractivity contribution >= 4 is 67.1 Å². The van der Waals surface area contributed by atoms with Crippen LogP contribution in [-0.4, -0.2) is 4.99 Å². The largest absolute Gasteiger partial charge is 0.389 e. The van der Waals surface area contributed by atoms with Crippen LogP contribution in [0.3, 0.4) is 0 Å². The molecule has 2 aromatic carbocycles. The van der Waals surface area contributed by atoms with Crippen molar-refractivity contribution < 1.29 is 4.39 Å². The Morgan fingerprint density at radius 3 is 2.63 bits per heavy atom. The summed E-state index contributed by atoms with van der Waals surface area (Å²) in [6, 6.07) is 10.2. The molecule has 0 unspecified atom stereocenters. The SMILES string of the molecule is NC(=S)c1c(Br)cccc1Nc1ccc(F)cc1I. The van der Waals surface area contributed by atoms with Gasteiger partial charge in [0.15, 0.2) is 0 Å². The number of benzene rings is 2. The zero-order valence-corrected chi connectivity index (χ0v) is 14.1. The Kier molecular flexibility index (Phi) is 4.75. The summed E-state index contributed by atoms with van der Waals surface area (Å²) in [6.07, 6.45) is 0. The van der Waals surface area contributed by atoms with Crippen LogP contribution in [0.15, 0.2) is 40.9 Å². The second kappa shape index (κ2) is 6.15. The molecule has 0 aromatic heterocycles. The Morgan fingerprint density at radius 1 is 1.26 bits per heavy atom. The fourth-order valence-electron chi connectivity index (χ4n) is 1.61. The molecule has 0 amide bonds. The van der Waals surface area contributed by atoms with Crippen LogP contribution in [0.4, 0.5) is 15.8 Å². The summed E-state index contributed by atoms with van der Waals surface area (Å²) in [5, 5.41) is 3.22. The first-order valence-electron chi connectivity index (χ1n) is 5.29. The van der Waals surface area contributed by atoms with Crippen LogP contribution in [0.25, 0.3) is 0 Å². The van der Waals surface area contributed by atoms with E-state index >= 15 is 0 Å². The lowest BCUT2D eigenvalue weighted by Crippen LogP contribution is -2.13. The number of thiocarbonyl (C=S) groups is 1. The molecule has 0 aliphatic carbocycles. The predicted octanol–water partition coefficient (Wildman–Crippen LogP) is 4.57. The Bertz CT molecular complexity index is 649. The zero-order chi connectivity index (χ0) is 14.0. The molecule has 2 rings (SSSR count). The van der Waals surface area contributed by atoms with E-state index in [9.17, 15) is 4.39 Å². The maximum atomic E-state index is 13.1. The predicted molar refractivity (Wildman–Crippen MR) is 92.4 cm³/mol. The number of anilines is 2. The van der Waals surface area contributed by atoms with Crippen LogP contribution in [-0.2, 0) is 0 Å². The standard InChI is InChI=1S/C13H9BrFIN2S/c14-8-2-1-3-11(12(8)13(17)19)18-10-5-4-7(15)6-9(10)16/h1-6,18H,(H2,17,19). The zero-order valence-electron chi connectivity index (χ0n) is 9.58. The molecule has 0 bridgehead atoms. The highest BCUT2D eigenvalue weighted by molar-refractivity contribution is 14.1. The van der Waals surface area contributed by atoms with Crippen molar-refractivity contribution in [2.75, 3.05) is 5.32 Å². The van der Waals surface area contributed by atoms with Crippen molar-refractivity contribution in [2.45, 2.75) is 0 Å². The summed E-state index contributed by atoms with van der Waals surface area (Å²) >= 11 is 10.5. The highest BCUT2D eigenvalue weighted by Gasteiger charge is 2.10. The molecule has 0 radical (unpaired) electrons. The van der Waals surface area contributed by atoms with Gasteiger partial charge in [0.25, 0.3) is 0 Å². The number of hydrogen-bond acceptors (Lipinski definition) is 2. The van der Waals surface area contributed by atoms with Crippen molar-refractivity contribution in [2.24, 2.45) is 5.73 Å². The average Bonchev–Trinajstić information content (AvgIpc) is 2.32. The molecule has 6 heteroatoms. The molecule has 98 valence electrons. The van der Waals surface area contributed by atoms with Crippen molar-refractivity contribution in [3.05, 3.63) is 55.8 Å². The molecule has 0 heterocycles. The fraction of sp³-hybridized carbons (Fsp3) is 0. The van der Waals surface area contributed by atoms with E-state index in [-0.39, 0.29) is 5.82 Å². The van der Waals surface area contributed by atoms with E-state index in [2.05, 4.69) is 43.8 Å². The van der Waals surface area contributed by atoms with Crippen LogP contribution < -0.4 is 11.1 Å². The third-order valence-corrected chi connectivity index (χ3v) is 4.22. The number of nitrogens with two attached hydrogens (primary N) is 1. The quantitative estimate of drug-likeness (QED) is 0.531. The molecule has 19 heavy (non-hydrogen) atoms. The molecule has 0 saturated carbocycles. The monoisotopic (exact) mass is 450 g/mol. The third kappa shape index (κ3) is 3.43. The molecule has 0 spiro atoms. The van der Waals surface area contributed by atoms with Crippen LogP contribution in [0.2, 0.25) is 0 Å². The summed E-state index contributed by atoms with van der Waals surface area (Å²) in [7, 11) is 0. The Balaban J connectivity index is 2.44. The van der Waals surface area contributed by atoms with Gasteiger partial charge < -0.3 is 11.1 Å². The van der Waals surface area contributed by atoms with Crippen molar-refractivity contribution in [3.63, 3.8) is 0 Å². The van der Waals surface area contributed by atoms with Crippen LogP contribution >= 0.6 is 50.7 Å². The smallest absolute Gasteiger partial charge is 0.124 e. The normalized spacial score (nSPS) is 10.3. The van der Waals surface area contributed by atoms with Crippen LogP contribution in [0, 0.1) is 9.39 Å². The summed E-state index contributed by atoms with van der Waals surface area (Å²) in [5.74, 6) is -0.265. The van der Waals surface area contributed by atoms with Gasteiger partial charge in [-0.15, -0.1) is 0 Å². The van der Waals surface area contributed by atoms with Gasteiger partial charge in [0.1, 0.15) is 10.8 Å². The molecule has 0 aliphatic rings. The van der Waals surface area contributed by atoms with Gasteiger partial charge in [-0.2, -0.15) is 0 Å². The van der Waals surface area contributed by atoms with Crippen LogP contribution in [0.1, 0.15) is 5.56 Å². The summed E-state index contributed by atoms with van der Waals surface area (Å²) in [6.45, 7) is 0. The van der Waals surface area contributed by atoms with Crippen molar-refractivity contribution in [1.82, 2.24) is 0 Å². The fourth-order valence-corrected chi connectivity index (χ4v) is 3.16. The number of rotatable bonds is 3. The number of nitrogens with one attached hydrogen (secondary N) is 1. The van der Waals surface area contributed by atoms with Gasteiger partial charge >= 0.3 is 0 Å². The van der Waals surface area contributed by atoms with Crippen molar-refractivity contribution in [3.8, 4) is 0 Å². The van der Waals surface area contributed by atoms with E-state index in [1.807, 2.05) is 18.2 Å². The Morgan fingerprint density at radius 2 is 2.00 bits per heavy atom. The molecule has 0 fully saturated rings. The summed E-state index contributed by atoms with van der Waals surface area (Å²) in [4.78, 5) is 0.298. The average molecular weight is 451 g/mol. The van der Waals surface area contributed by atoms with E-state index < -0.39 is 0 Å². The number of halogens is 3. The minimum absolute atomic E-state index is 0.265. The van der Waals surface area contributed by atoms with Gasteiger partial charge in [0.05, 0.1) is 5.69 Å². The molecule has 3 N–H and O–H groups in total. The lowest BCUT2D eigenvalue weighted by atomic mass is 10.1. The highest BCUT2D eigenvalue weighted by atomic mass is 127. The first kappa shape index (κ1) is 14.7. The van der Waals surface area contributed by atoms with Crippen LogP contribution in [0.5, 0.6) is 0 Å². The molecule has 2 aromatic rings. The Labute approximate surface area is 137 Å². The van der Waals surface area contributed by atoms with Gasteiger partial charge in [-0.05, 0) is 68.9 Å². The van der Waals surface area contributed by atoms with Gasteiger partial charge in [-0.3, -0.25) is 0 Å². The van der Waals surface area contributed by atoms with Gasteiger partial charge in [0, 0.05) is 19.3 Å². The van der Waals surface area contributed by atoms with Gasteiger partial charge in [-0.25, -0.2) is 4.39 Å². The lowest BCUT2D eigenvalue weighted by Gasteiger charge is -2.14. The molecule has 0 atom stereocenters. The highest BCUT2D eigenvalue weighted by Crippen LogP contribution is 2.29. The van der Waals surface area contributed by atoms with E-state index in [1.54, 1.807) is 6.07 Å². The maximum Gasteiger partial charge on any atom is 0.124 e.